The number of carbonyl (C=O) groups is 1. The minimum absolute atomic E-state index is 0.124. The van der Waals surface area contributed by atoms with Gasteiger partial charge in [-0.15, -0.1) is 5.10 Å². The van der Waals surface area contributed by atoms with Gasteiger partial charge in [-0.2, -0.15) is 0 Å². The molecule has 0 atom stereocenters. The minimum atomic E-state index is -0.566. The van der Waals surface area contributed by atoms with E-state index in [-0.39, 0.29) is 18.1 Å². The molecule has 6 nitrogen and oxygen atoms in total. The monoisotopic (exact) mass is 293 g/mol. The van der Waals surface area contributed by atoms with Gasteiger partial charge >= 0.3 is 5.97 Å². The number of nitrogens with zero attached hydrogens (tertiary/aromatic N) is 3. The first kappa shape index (κ1) is 15.1. The van der Waals surface area contributed by atoms with Gasteiger partial charge in [0.25, 0.3) is 0 Å². The molecular formula is C14H16FN3O3. The van der Waals surface area contributed by atoms with Crippen LogP contribution in [0.5, 0.6) is 0 Å². The second-order valence-corrected chi connectivity index (χ2v) is 4.54. The van der Waals surface area contributed by atoms with Crippen LogP contribution in [-0.2, 0) is 22.6 Å². The topological polar surface area (TPSA) is 66.2 Å². The number of benzene rings is 1. The van der Waals surface area contributed by atoms with E-state index in [2.05, 4.69) is 15.0 Å². The van der Waals surface area contributed by atoms with E-state index in [1.54, 1.807) is 10.7 Å². The summed E-state index contributed by atoms with van der Waals surface area (Å²) in [4.78, 5) is 11.6. The first-order valence-corrected chi connectivity index (χ1v) is 6.31. The van der Waals surface area contributed by atoms with Crippen LogP contribution in [0.15, 0.2) is 18.2 Å². The molecule has 0 saturated heterocycles. The summed E-state index contributed by atoms with van der Waals surface area (Å²) < 4.78 is 24.4. The number of hydrogen-bond acceptors (Lipinski definition) is 5. The Morgan fingerprint density at radius 1 is 1.38 bits per heavy atom. The van der Waals surface area contributed by atoms with Crippen LogP contribution in [0.1, 0.15) is 27.3 Å². The number of aromatic nitrogens is 3. The van der Waals surface area contributed by atoms with Crippen molar-refractivity contribution in [3.05, 3.63) is 46.5 Å². The van der Waals surface area contributed by atoms with Crippen LogP contribution < -0.4 is 0 Å². The predicted molar refractivity (Wildman–Crippen MR) is 72.3 cm³/mol. The molecule has 1 heterocycles. The summed E-state index contributed by atoms with van der Waals surface area (Å²) in [6, 6.07) is 4.51. The lowest BCUT2D eigenvalue weighted by Crippen LogP contribution is -2.12. The highest BCUT2D eigenvalue weighted by Gasteiger charge is 2.20. The summed E-state index contributed by atoms with van der Waals surface area (Å²) in [5.74, 6) is -0.855. The predicted octanol–water partition coefficient (Wildman–Crippen LogP) is 1.71. The van der Waals surface area contributed by atoms with Gasteiger partial charge in [-0.1, -0.05) is 11.3 Å². The average Bonchev–Trinajstić information content (AvgIpc) is 2.84. The Morgan fingerprint density at radius 2 is 2.14 bits per heavy atom. The normalized spacial score (nSPS) is 10.7. The minimum Gasteiger partial charge on any atom is -0.464 e. The van der Waals surface area contributed by atoms with E-state index in [1.807, 2.05) is 6.92 Å². The number of methoxy groups -OCH3 is 2. The maximum atomic E-state index is 13.1. The largest absolute Gasteiger partial charge is 0.464 e. The standard InChI is InChI=1S/C14H16FN3O3/c1-9-6-11(15)5-4-10(9)7-18-12(8-20-2)13(16-17-18)14(19)21-3/h4-6H,7-8H2,1-3H3. The fourth-order valence-corrected chi connectivity index (χ4v) is 1.99. The molecule has 0 radical (unpaired) electrons. The van der Waals surface area contributed by atoms with E-state index in [0.29, 0.717) is 12.2 Å². The SMILES string of the molecule is COCc1c(C(=O)OC)nnn1Cc1ccc(F)cc1C. The van der Waals surface area contributed by atoms with Crippen LogP contribution >= 0.6 is 0 Å². The Labute approximate surface area is 121 Å². The summed E-state index contributed by atoms with van der Waals surface area (Å²) in [7, 11) is 2.80. The number of halogens is 1. The van der Waals surface area contributed by atoms with Gasteiger partial charge in [-0.05, 0) is 30.2 Å². The Morgan fingerprint density at radius 3 is 2.76 bits per heavy atom. The van der Waals surface area contributed by atoms with Crippen LogP contribution in [0.2, 0.25) is 0 Å². The van der Waals surface area contributed by atoms with Crippen molar-refractivity contribution in [2.75, 3.05) is 14.2 Å². The third-order valence-corrected chi connectivity index (χ3v) is 3.12. The molecule has 21 heavy (non-hydrogen) atoms. The van der Waals surface area contributed by atoms with E-state index in [4.69, 9.17) is 4.74 Å². The second kappa shape index (κ2) is 6.45. The zero-order valence-corrected chi connectivity index (χ0v) is 12.1. The summed E-state index contributed by atoms with van der Waals surface area (Å²) in [6.07, 6.45) is 0. The summed E-state index contributed by atoms with van der Waals surface area (Å²) in [5.41, 5.74) is 2.33. The summed E-state index contributed by atoms with van der Waals surface area (Å²) in [6.45, 7) is 2.36. The molecule has 0 aliphatic carbocycles. The lowest BCUT2D eigenvalue weighted by atomic mass is 10.1. The van der Waals surface area contributed by atoms with Gasteiger partial charge in [0.2, 0.25) is 0 Å². The molecule has 112 valence electrons. The van der Waals surface area contributed by atoms with Crippen molar-refractivity contribution in [2.24, 2.45) is 0 Å². The number of esters is 1. The zero-order chi connectivity index (χ0) is 15.4. The molecule has 0 fully saturated rings. The highest BCUT2D eigenvalue weighted by Crippen LogP contribution is 2.15. The second-order valence-electron chi connectivity index (χ2n) is 4.54. The number of rotatable bonds is 5. The van der Waals surface area contributed by atoms with Crippen molar-refractivity contribution in [1.29, 1.82) is 0 Å². The summed E-state index contributed by atoms with van der Waals surface area (Å²) in [5, 5.41) is 7.79. The molecule has 0 unspecified atom stereocenters. The number of carbonyl (C=O) groups excluding carboxylic acids is 1. The van der Waals surface area contributed by atoms with Crippen molar-refractivity contribution in [3.8, 4) is 0 Å². The third kappa shape index (κ3) is 3.25. The molecule has 0 aliphatic heterocycles. The van der Waals surface area contributed by atoms with Crippen LogP contribution in [-0.4, -0.2) is 35.2 Å². The molecule has 0 aliphatic rings. The van der Waals surface area contributed by atoms with E-state index in [1.165, 1.54) is 26.4 Å². The highest BCUT2D eigenvalue weighted by atomic mass is 19.1. The van der Waals surface area contributed by atoms with Crippen molar-refractivity contribution in [2.45, 2.75) is 20.1 Å². The number of hydrogen-bond donors (Lipinski definition) is 0. The lowest BCUT2D eigenvalue weighted by molar-refractivity contribution is 0.0588. The van der Waals surface area contributed by atoms with Crippen molar-refractivity contribution >= 4 is 5.97 Å². The first-order chi connectivity index (χ1) is 10.1. The molecular weight excluding hydrogens is 277 g/mol. The molecule has 2 aromatic rings. The number of aryl methyl sites for hydroxylation is 1. The molecule has 2 rings (SSSR count). The third-order valence-electron chi connectivity index (χ3n) is 3.12. The van der Waals surface area contributed by atoms with Crippen LogP contribution in [0.4, 0.5) is 4.39 Å². The van der Waals surface area contributed by atoms with E-state index < -0.39 is 5.97 Å². The van der Waals surface area contributed by atoms with Gasteiger partial charge in [0.15, 0.2) is 5.69 Å². The van der Waals surface area contributed by atoms with Crippen LogP contribution in [0.3, 0.4) is 0 Å². The molecule has 0 saturated carbocycles. The zero-order valence-electron chi connectivity index (χ0n) is 12.1. The Balaban J connectivity index is 2.35. The van der Waals surface area contributed by atoms with Gasteiger partial charge < -0.3 is 9.47 Å². The molecule has 7 heteroatoms. The van der Waals surface area contributed by atoms with E-state index >= 15 is 0 Å². The average molecular weight is 293 g/mol. The van der Waals surface area contributed by atoms with Gasteiger partial charge in [-0.3, -0.25) is 0 Å². The molecule has 0 spiro atoms. The van der Waals surface area contributed by atoms with Crippen LogP contribution in [0, 0.1) is 12.7 Å². The quantitative estimate of drug-likeness (QED) is 0.785. The fourth-order valence-electron chi connectivity index (χ4n) is 1.99. The van der Waals surface area contributed by atoms with Crippen molar-refractivity contribution in [3.63, 3.8) is 0 Å². The van der Waals surface area contributed by atoms with Gasteiger partial charge in [0.05, 0.1) is 26.0 Å². The molecule has 0 bridgehead atoms. The Bertz CT molecular complexity index is 655. The highest BCUT2D eigenvalue weighted by molar-refractivity contribution is 5.88. The summed E-state index contributed by atoms with van der Waals surface area (Å²) >= 11 is 0. The fraction of sp³-hybridized carbons (Fsp3) is 0.357. The molecule has 1 aromatic carbocycles. The Hall–Kier alpha value is -2.28. The van der Waals surface area contributed by atoms with E-state index in [9.17, 15) is 9.18 Å². The van der Waals surface area contributed by atoms with Crippen molar-refractivity contribution < 1.29 is 18.7 Å². The van der Waals surface area contributed by atoms with Crippen LogP contribution in [0.25, 0.3) is 0 Å². The molecule has 0 N–H and O–H groups in total. The number of ether oxygens (including phenoxy) is 2. The first-order valence-electron chi connectivity index (χ1n) is 6.31. The van der Waals surface area contributed by atoms with Gasteiger partial charge in [-0.25, -0.2) is 13.9 Å². The van der Waals surface area contributed by atoms with Gasteiger partial charge in [0.1, 0.15) is 5.82 Å². The molecule has 1 aromatic heterocycles. The van der Waals surface area contributed by atoms with Gasteiger partial charge in [0, 0.05) is 7.11 Å². The smallest absolute Gasteiger partial charge is 0.360 e. The van der Waals surface area contributed by atoms with E-state index in [0.717, 1.165) is 11.1 Å². The molecule has 0 amide bonds. The lowest BCUT2D eigenvalue weighted by Gasteiger charge is -2.09. The van der Waals surface area contributed by atoms with Crippen molar-refractivity contribution in [1.82, 2.24) is 15.0 Å². The Kier molecular flexibility index (Phi) is 4.64. The maximum absolute atomic E-state index is 13.1. The maximum Gasteiger partial charge on any atom is 0.360 e.